The fraction of sp³-hybridized carbons (Fsp3) is 0.750. The first kappa shape index (κ1) is 8.35. The molecule has 0 aliphatic carbocycles. The van der Waals surface area contributed by atoms with Crippen LogP contribution in [-0.2, 0) is 9.63 Å². The van der Waals surface area contributed by atoms with Crippen molar-refractivity contribution in [3.63, 3.8) is 0 Å². The van der Waals surface area contributed by atoms with Crippen LogP contribution in [0.2, 0.25) is 0 Å². The fourth-order valence-electron chi connectivity index (χ4n) is 0.217. The summed E-state index contributed by atoms with van der Waals surface area (Å²) >= 11 is 0. The second-order valence-electron chi connectivity index (χ2n) is 1.89. The topological polar surface area (TPSA) is 79.8 Å². The Morgan fingerprint density at radius 1 is 1.78 bits per heavy atom. The molecule has 0 spiro atoms. The maximum atomic E-state index is 10.4. The first-order chi connectivity index (χ1) is 4.04. The first-order valence-electron chi connectivity index (χ1n) is 2.55. The van der Waals surface area contributed by atoms with Gasteiger partial charge in [-0.3, -0.25) is 4.84 Å². The lowest BCUT2D eigenvalue weighted by molar-refractivity contribution is -1.04. The lowest BCUT2D eigenvalue weighted by Gasteiger charge is -2.12. The molecule has 0 bridgehead atoms. The Bertz CT molecular complexity index is 102. The van der Waals surface area contributed by atoms with E-state index >= 15 is 0 Å². The van der Waals surface area contributed by atoms with Crippen LogP contribution in [-0.4, -0.2) is 5.97 Å². The molecule has 5 nitrogen and oxygen atoms in total. The lowest BCUT2D eigenvalue weighted by atomic mass is 10.2. The number of nitrogens with one attached hydrogen (secondary N) is 1. The smallest absolute Gasteiger partial charge is 0.372 e. The van der Waals surface area contributed by atoms with E-state index in [1.165, 1.54) is 0 Å². The van der Waals surface area contributed by atoms with Gasteiger partial charge in [-0.2, -0.15) is 0 Å². The first-order valence-corrected chi connectivity index (χ1v) is 2.55. The molecule has 0 radical (unpaired) electrons. The van der Waals surface area contributed by atoms with Crippen molar-refractivity contribution >= 4 is 5.97 Å². The number of rotatable bonds is 2. The Labute approximate surface area is 52.9 Å². The summed E-state index contributed by atoms with van der Waals surface area (Å²) < 4.78 is 0. The summed E-state index contributed by atoms with van der Waals surface area (Å²) in [6.07, 6.45) is 0. The van der Waals surface area contributed by atoms with Gasteiger partial charge in [-0.15, -0.1) is 11.2 Å². The van der Waals surface area contributed by atoms with Crippen LogP contribution in [0, 0.1) is 11.1 Å². The Balaban J connectivity index is 3.51. The lowest BCUT2D eigenvalue weighted by Crippen LogP contribution is -3.12. The molecule has 0 amide bonds. The molecule has 0 aliphatic heterocycles. The van der Waals surface area contributed by atoms with Gasteiger partial charge in [-0.1, -0.05) is 13.8 Å². The van der Waals surface area contributed by atoms with Crippen LogP contribution in [0.1, 0.15) is 13.8 Å². The quantitative estimate of drug-likeness (QED) is 0.350. The number of carbonyl (C=O) groups is 1. The molecule has 1 atom stereocenters. The van der Waals surface area contributed by atoms with E-state index in [9.17, 15) is 10.0 Å². The molecule has 3 N–H and O–H groups in total. The zero-order valence-corrected chi connectivity index (χ0v) is 5.38. The predicted molar refractivity (Wildman–Crippen MR) is 29.4 cm³/mol. The summed E-state index contributed by atoms with van der Waals surface area (Å²) in [6.45, 7) is 3.23. The molecule has 0 rings (SSSR count). The highest BCUT2D eigenvalue weighted by Gasteiger charge is 2.10. The van der Waals surface area contributed by atoms with Crippen LogP contribution >= 0.6 is 0 Å². The largest absolute Gasteiger partial charge is 0.570 e. The minimum Gasteiger partial charge on any atom is -0.570 e. The highest BCUT2D eigenvalue weighted by molar-refractivity contribution is 5.70. The van der Waals surface area contributed by atoms with E-state index in [1.807, 2.05) is 0 Å². The molecule has 9 heavy (non-hydrogen) atoms. The van der Waals surface area contributed by atoms with Gasteiger partial charge in [0.2, 0.25) is 0 Å². The second-order valence-corrected chi connectivity index (χ2v) is 1.89. The average molecular weight is 134 g/mol. The van der Waals surface area contributed by atoms with Crippen LogP contribution in [0.25, 0.3) is 0 Å². The summed E-state index contributed by atoms with van der Waals surface area (Å²) in [5.74, 6) is 3.65. The maximum Gasteiger partial charge on any atom is 0.372 e. The number of nitrogens with two attached hydrogens (primary N) is 1. The van der Waals surface area contributed by atoms with E-state index in [4.69, 9.17) is 0 Å². The van der Waals surface area contributed by atoms with Crippen molar-refractivity contribution in [2.24, 2.45) is 11.8 Å². The number of hydrogen-bond acceptors (Lipinski definition) is 4. The van der Waals surface area contributed by atoms with Gasteiger partial charge in [0.05, 0.1) is 5.92 Å². The van der Waals surface area contributed by atoms with Crippen LogP contribution in [0.15, 0.2) is 0 Å². The van der Waals surface area contributed by atoms with Crippen molar-refractivity contribution < 1.29 is 15.0 Å². The molecular weight excluding hydrogens is 124 g/mol. The molecule has 5 heteroatoms. The van der Waals surface area contributed by atoms with E-state index in [2.05, 4.69) is 10.7 Å². The van der Waals surface area contributed by atoms with Gasteiger partial charge in [0, 0.05) is 0 Å². The SMILES string of the molecule is CC(C)C(=O)O[NH+](N)[O-]. The van der Waals surface area contributed by atoms with Gasteiger partial charge < -0.3 is 5.21 Å². The van der Waals surface area contributed by atoms with Crippen molar-refractivity contribution in [2.45, 2.75) is 13.8 Å². The Hall–Kier alpha value is -0.650. The molecule has 0 aromatic rings. The Morgan fingerprint density at radius 3 is 2.33 bits per heavy atom. The summed E-state index contributed by atoms with van der Waals surface area (Å²) in [4.78, 5) is 14.4. The zero-order chi connectivity index (χ0) is 7.44. The van der Waals surface area contributed by atoms with Crippen molar-refractivity contribution in [1.29, 1.82) is 0 Å². The number of quaternary nitrogens is 1. The third-order valence-electron chi connectivity index (χ3n) is 0.673. The van der Waals surface area contributed by atoms with Gasteiger partial charge in [-0.05, 0) is 0 Å². The van der Waals surface area contributed by atoms with Crippen molar-refractivity contribution in [1.82, 2.24) is 0 Å². The summed E-state index contributed by atoms with van der Waals surface area (Å²) in [6, 6.07) is 0. The van der Waals surface area contributed by atoms with E-state index in [1.54, 1.807) is 13.8 Å². The van der Waals surface area contributed by atoms with Crippen molar-refractivity contribution in [3.8, 4) is 0 Å². The van der Waals surface area contributed by atoms with Gasteiger partial charge >= 0.3 is 5.97 Å². The number of hydrogen-bond donors (Lipinski definition) is 2. The van der Waals surface area contributed by atoms with Crippen LogP contribution < -0.4 is 11.2 Å². The van der Waals surface area contributed by atoms with E-state index in [-0.39, 0.29) is 5.92 Å². The number of carbonyl (C=O) groups excluding carboxylic acids is 1. The molecule has 0 heterocycles. The van der Waals surface area contributed by atoms with Crippen LogP contribution in [0.4, 0.5) is 0 Å². The highest BCUT2D eigenvalue weighted by atomic mass is 16.9. The van der Waals surface area contributed by atoms with E-state index < -0.39 is 11.3 Å². The minimum absolute atomic E-state index is 0.308. The van der Waals surface area contributed by atoms with Crippen LogP contribution in [0.3, 0.4) is 0 Å². The summed E-state index contributed by atoms with van der Waals surface area (Å²) in [5, 5.41) is 8.85. The van der Waals surface area contributed by atoms with Crippen LogP contribution in [0.5, 0.6) is 0 Å². The predicted octanol–water partition coefficient (Wildman–Crippen LogP) is -1.64. The second kappa shape index (κ2) is 3.39. The molecule has 0 fully saturated rings. The maximum absolute atomic E-state index is 10.4. The summed E-state index contributed by atoms with van der Waals surface area (Å²) in [7, 11) is 0. The highest BCUT2D eigenvalue weighted by Crippen LogP contribution is 1.90. The zero-order valence-electron chi connectivity index (χ0n) is 5.38. The monoisotopic (exact) mass is 134 g/mol. The Kier molecular flexibility index (Phi) is 3.15. The molecule has 0 saturated heterocycles. The Morgan fingerprint density at radius 2 is 2.22 bits per heavy atom. The van der Waals surface area contributed by atoms with Gasteiger partial charge in [0.25, 0.3) is 0 Å². The molecule has 1 unspecified atom stereocenters. The van der Waals surface area contributed by atoms with Gasteiger partial charge in [0.1, 0.15) is 0 Å². The summed E-state index contributed by atoms with van der Waals surface area (Å²) in [5.41, 5.74) is 0. The molecule has 54 valence electrons. The third-order valence-corrected chi connectivity index (χ3v) is 0.673. The molecule has 0 aromatic heterocycles. The average Bonchev–Trinajstić information content (AvgIpc) is 1.63. The molecule has 0 saturated carbocycles. The fourth-order valence-corrected chi connectivity index (χ4v) is 0.217. The minimum atomic E-state index is -1.05. The molecule has 0 aromatic carbocycles. The third kappa shape index (κ3) is 3.89. The van der Waals surface area contributed by atoms with E-state index in [0.29, 0.717) is 0 Å². The van der Waals surface area contributed by atoms with Gasteiger partial charge in [-0.25, -0.2) is 4.79 Å². The molecule has 0 aliphatic rings. The van der Waals surface area contributed by atoms with Gasteiger partial charge in [0.15, 0.2) is 0 Å². The standard InChI is InChI=1S/C4H10N2O3/c1-3(2)4(7)9-6(5)8/h3,6H,5H2,1-2H3. The van der Waals surface area contributed by atoms with E-state index in [0.717, 1.165) is 0 Å². The van der Waals surface area contributed by atoms with Crippen molar-refractivity contribution in [2.75, 3.05) is 0 Å². The van der Waals surface area contributed by atoms with Crippen molar-refractivity contribution in [3.05, 3.63) is 5.21 Å². The molecular formula is C4H10N2O3. The normalized spacial score (nSPS) is 13.4.